The lowest BCUT2D eigenvalue weighted by molar-refractivity contribution is -0.147. The van der Waals surface area contributed by atoms with Crippen LogP contribution in [0.15, 0.2) is 0 Å². The van der Waals surface area contributed by atoms with Crippen LogP contribution in [0.4, 0.5) is 0 Å². The van der Waals surface area contributed by atoms with Gasteiger partial charge in [-0.25, -0.2) is 0 Å². The summed E-state index contributed by atoms with van der Waals surface area (Å²) < 4.78 is 5.14. The number of ether oxygens (including phenoxy) is 1. The minimum atomic E-state index is -1.17. The Hall–Kier alpha value is -1.67. The summed E-state index contributed by atoms with van der Waals surface area (Å²) in [5.41, 5.74) is 5.58. The van der Waals surface area contributed by atoms with Gasteiger partial charge in [0.25, 0.3) is 0 Å². The fourth-order valence-corrected chi connectivity index (χ4v) is 2.25. The zero-order valence-electron chi connectivity index (χ0n) is 11.3. The van der Waals surface area contributed by atoms with Gasteiger partial charge in [-0.15, -0.1) is 0 Å². The van der Waals surface area contributed by atoms with E-state index in [2.05, 4.69) is 0 Å². The van der Waals surface area contributed by atoms with Gasteiger partial charge < -0.3 is 25.6 Å². The lowest BCUT2D eigenvalue weighted by Crippen LogP contribution is -2.53. The van der Waals surface area contributed by atoms with E-state index in [9.17, 15) is 14.4 Å². The number of carbonyl (C=O) groups excluding carboxylic acids is 1. The largest absolute Gasteiger partial charge is 0.481 e. The molecule has 20 heavy (non-hydrogen) atoms. The van der Waals surface area contributed by atoms with Gasteiger partial charge in [-0.1, -0.05) is 6.92 Å². The first kappa shape index (κ1) is 16.4. The lowest BCUT2D eigenvalue weighted by Gasteiger charge is -2.32. The molecular weight excluding hydrogens is 268 g/mol. The summed E-state index contributed by atoms with van der Waals surface area (Å²) in [4.78, 5) is 35.3. The van der Waals surface area contributed by atoms with Crippen molar-refractivity contribution in [3.05, 3.63) is 0 Å². The third kappa shape index (κ3) is 3.91. The highest BCUT2D eigenvalue weighted by Crippen LogP contribution is 2.21. The maximum atomic E-state index is 12.2. The zero-order chi connectivity index (χ0) is 15.3. The molecule has 4 N–H and O–H groups in total. The zero-order valence-corrected chi connectivity index (χ0v) is 11.3. The van der Waals surface area contributed by atoms with Crippen molar-refractivity contribution < 1.29 is 29.3 Å². The van der Waals surface area contributed by atoms with E-state index in [-0.39, 0.29) is 13.2 Å². The molecule has 0 aromatic heterocycles. The van der Waals surface area contributed by atoms with Crippen LogP contribution < -0.4 is 5.73 Å². The number of aliphatic carboxylic acids is 2. The monoisotopic (exact) mass is 288 g/mol. The van der Waals surface area contributed by atoms with Crippen LogP contribution in [0.2, 0.25) is 0 Å². The SMILES string of the molecule is CCCN(C(=O)C(N)CC(=O)O)C1COCC1C(=O)O. The summed E-state index contributed by atoms with van der Waals surface area (Å²) in [7, 11) is 0. The summed E-state index contributed by atoms with van der Waals surface area (Å²) >= 11 is 0. The van der Waals surface area contributed by atoms with Crippen LogP contribution in [0.25, 0.3) is 0 Å². The number of carbonyl (C=O) groups is 3. The van der Waals surface area contributed by atoms with Crippen molar-refractivity contribution in [2.75, 3.05) is 19.8 Å². The molecule has 3 atom stereocenters. The van der Waals surface area contributed by atoms with E-state index in [0.717, 1.165) is 0 Å². The van der Waals surface area contributed by atoms with E-state index in [1.54, 1.807) is 0 Å². The van der Waals surface area contributed by atoms with E-state index in [1.165, 1.54) is 4.90 Å². The predicted molar refractivity (Wildman–Crippen MR) is 68.0 cm³/mol. The quantitative estimate of drug-likeness (QED) is 0.555. The minimum absolute atomic E-state index is 0.0433. The Morgan fingerprint density at radius 2 is 2.00 bits per heavy atom. The first-order valence-electron chi connectivity index (χ1n) is 6.46. The highest BCUT2D eigenvalue weighted by atomic mass is 16.5. The molecule has 0 bridgehead atoms. The van der Waals surface area contributed by atoms with Crippen molar-refractivity contribution in [2.24, 2.45) is 11.7 Å². The number of amides is 1. The average molecular weight is 288 g/mol. The Kier molecular flexibility index (Phi) is 5.90. The number of carboxylic acids is 2. The molecule has 0 aromatic rings. The number of hydrogen-bond donors (Lipinski definition) is 3. The Labute approximate surface area is 116 Å². The van der Waals surface area contributed by atoms with Crippen LogP contribution in [0.5, 0.6) is 0 Å². The molecule has 0 spiro atoms. The van der Waals surface area contributed by atoms with Gasteiger partial charge in [-0.05, 0) is 6.42 Å². The third-order valence-corrected chi connectivity index (χ3v) is 3.23. The molecule has 1 saturated heterocycles. The molecule has 0 aliphatic carbocycles. The Balaban J connectivity index is 2.84. The molecule has 1 rings (SSSR count). The summed E-state index contributed by atoms with van der Waals surface area (Å²) in [6.45, 7) is 2.34. The third-order valence-electron chi connectivity index (χ3n) is 3.23. The fourth-order valence-electron chi connectivity index (χ4n) is 2.25. The van der Waals surface area contributed by atoms with Gasteiger partial charge >= 0.3 is 11.9 Å². The minimum Gasteiger partial charge on any atom is -0.481 e. The molecular formula is C12H20N2O6. The molecule has 0 aromatic carbocycles. The summed E-state index contributed by atoms with van der Waals surface area (Å²) in [6, 6.07) is -1.77. The van der Waals surface area contributed by atoms with Crippen LogP contribution in [0.1, 0.15) is 19.8 Å². The van der Waals surface area contributed by atoms with Crippen molar-refractivity contribution in [1.82, 2.24) is 4.90 Å². The molecule has 1 aliphatic heterocycles. The molecule has 0 radical (unpaired) electrons. The van der Waals surface area contributed by atoms with Crippen molar-refractivity contribution >= 4 is 17.8 Å². The van der Waals surface area contributed by atoms with Crippen LogP contribution in [-0.2, 0) is 19.1 Å². The van der Waals surface area contributed by atoms with E-state index in [0.29, 0.717) is 13.0 Å². The van der Waals surface area contributed by atoms with Crippen LogP contribution in [0, 0.1) is 5.92 Å². The number of nitrogens with zero attached hydrogens (tertiary/aromatic N) is 1. The van der Waals surface area contributed by atoms with E-state index in [4.69, 9.17) is 20.7 Å². The van der Waals surface area contributed by atoms with Gasteiger partial charge in [0, 0.05) is 6.54 Å². The van der Waals surface area contributed by atoms with Gasteiger partial charge in [0.15, 0.2) is 0 Å². The molecule has 8 nitrogen and oxygen atoms in total. The lowest BCUT2D eigenvalue weighted by atomic mass is 10.0. The fraction of sp³-hybridized carbons (Fsp3) is 0.750. The highest BCUT2D eigenvalue weighted by Gasteiger charge is 2.40. The summed E-state index contributed by atoms with van der Waals surface area (Å²) in [5, 5.41) is 17.8. The molecule has 3 unspecified atom stereocenters. The van der Waals surface area contributed by atoms with Gasteiger partial charge in [-0.2, -0.15) is 0 Å². The average Bonchev–Trinajstić information content (AvgIpc) is 2.83. The van der Waals surface area contributed by atoms with Gasteiger partial charge in [0.2, 0.25) is 5.91 Å². The second-order valence-corrected chi connectivity index (χ2v) is 4.79. The Bertz CT molecular complexity index is 386. The standard InChI is InChI=1S/C12H20N2O6/c1-2-3-14(11(17)8(13)4-10(15)16)9-6-20-5-7(9)12(18)19/h7-9H,2-6,13H2,1H3,(H,15,16)(H,18,19). The molecule has 8 heteroatoms. The van der Waals surface area contributed by atoms with Gasteiger partial charge in [0.1, 0.15) is 5.92 Å². The smallest absolute Gasteiger partial charge is 0.311 e. The summed E-state index contributed by atoms with van der Waals surface area (Å²) in [5.74, 6) is -3.55. The Morgan fingerprint density at radius 1 is 1.35 bits per heavy atom. The van der Waals surface area contributed by atoms with E-state index in [1.807, 2.05) is 6.92 Å². The first-order valence-corrected chi connectivity index (χ1v) is 6.46. The molecule has 1 fully saturated rings. The maximum absolute atomic E-state index is 12.2. The van der Waals surface area contributed by atoms with E-state index >= 15 is 0 Å². The van der Waals surface area contributed by atoms with E-state index < -0.39 is 42.3 Å². The van der Waals surface area contributed by atoms with Crippen LogP contribution in [-0.4, -0.2) is 64.8 Å². The number of rotatable bonds is 7. The number of nitrogens with two attached hydrogens (primary N) is 1. The highest BCUT2D eigenvalue weighted by molar-refractivity contribution is 5.86. The molecule has 114 valence electrons. The second-order valence-electron chi connectivity index (χ2n) is 4.79. The van der Waals surface area contributed by atoms with Crippen molar-refractivity contribution in [2.45, 2.75) is 31.8 Å². The molecule has 1 amide bonds. The Morgan fingerprint density at radius 3 is 2.50 bits per heavy atom. The van der Waals surface area contributed by atoms with Gasteiger partial charge in [0.05, 0.1) is 31.7 Å². The topological polar surface area (TPSA) is 130 Å². The second kappa shape index (κ2) is 7.20. The number of hydrogen-bond acceptors (Lipinski definition) is 5. The summed E-state index contributed by atoms with van der Waals surface area (Å²) in [6.07, 6.45) is 0.138. The first-order chi connectivity index (χ1) is 9.38. The molecule has 1 heterocycles. The van der Waals surface area contributed by atoms with Crippen molar-refractivity contribution in [3.8, 4) is 0 Å². The van der Waals surface area contributed by atoms with Gasteiger partial charge in [-0.3, -0.25) is 14.4 Å². The van der Waals surface area contributed by atoms with Crippen molar-refractivity contribution in [3.63, 3.8) is 0 Å². The molecule has 1 aliphatic rings. The van der Waals surface area contributed by atoms with Crippen LogP contribution in [0.3, 0.4) is 0 Å². The van der Waals surface area contributed by atoms with Crippen molar-refractivity contribution in [1.29, 1.82) is 0 Å². The normalized spacial score (nSPS) is 23.3. The predicted octanol–water partition coefficient (Wildman–Crippen LogP) is -0.873. The number of carboxylic acid groups (broad SMARTS) is 2. The molecule has 0 saturated carbocycles. The van der Waals surface area contributed by atoms with Crippen LogP contribution >= 0.6 is 0 Å². The maximum Gasteiger partial charge on any atom is 0.311 e.